The molecule has 0 bridgehead atoms. The summed E-state index contributed by atoms with van der Waals surface area (Å²) in [5.41, 5.74) is 4.45. The molecule has 0 spiro atoms. The lowest BCUT2D eigenvalue weighted by atomic mass is 10.0. The van der Waals surface area contributed by atoms with E-state index < -0.39 is 17.2 Å². The number of nitrogen functional groups attached to an aromatic ring is 1. The molecule has 1 aromatic carbocycles. The number of rotatable bonds is 4. The zero-order chi connectivity index (χ0) is 14.9. The first-order valence-corrected chi connectivity index (χ1v) is 6.05. The first-order chi connectivity index (χ1) is 9.41. The van der Waals surface area contributed by atoms with Crippen molar-refractivity contribution in [3.8, 4) is 11.5 Å². The Labute approximate surface area is 114 Å². The van der Waals surface area contributed by atoms with Gasteiger partial charge in [-0.15, -0.1) is 0 Å². The summed E-state index contributed by atoms with van der Waals surface area (Å²) in [6.07, 6.45) is 0.608. The summed E-state index contributed by atoms with van der Waals surface area (Å²) in [6, 6.07) is 1.81. The number of benzene rings is 1. The van der Waals surface area contributed by atoms with Crippen LogP contribution in [0.5, 0.6) is 0 Å². The first kappa shape index (κ1) is 14.4. The summed E-state index contributed by atoms with van der Waals surface area (Å²) in [5.74, 6) is -1.43. The SMILES string of the molecule is CCC(C)(OC)c1noc(-c2cc(N)c(F)cc2F)n1. The Morgan fingerprint density at radius 1 is 1.35 bits per heavy atom. The summed E-state index contributed by atoms with van der Waals surface area (Å²) >= 11 is 0. The molecule has 0 aliphatic heterocycles. The molecule has 1 atom stereocenters. The van der Waals surface area contributed by atoms with E-state index in [1.807, 2.05) is 6.92 Å². The van der Waals surface area contributed by atoms with Crippen LogP contribution < -0.4 is 5.73 Å². The molecular weight excluding hydrogens is 268 g/mol. The van der Waals surface area contributed by atoms with Crippen molar-refractivity contribution >= 4 is 5.69 Å². The molecular formula is C13H15F2N3O2. The minimum absolute atomic E-state index is 0.0443. The number of methoxy groups -OCH3 is 1. The molecule has 20 heavy (non-hydrogen) atoms. The van der Waals surface area contributed by atoms with E-state index in [-0.39, 0.29) is 17.1 Å². The second kappa shape index (κ2) is 5.16. The predicted molar refractivity (Wildman–Crippen MR) is 68.7 cm³/mol. The van der Waals surface area contributed by atoms with Gasteiger partial charge in [-0.2, -0.15) is 4.98 Å². The summed E-state index contributed by atoms with van der Waals surface area (Å²) in [7, 11) is 1.52. The van der Waals surface area contributed by atoms with Crippen LogP contribution in [0.3, 0.4) is 0 Å². The molecule has 0 amide bonds. The standard InChI is InChI=1S/C13H15F2N3O2/c1-4-13(2,19-3)12-17-11(20-18-12)7-5-10(16)9(15)6-8(7)14/h5-6H,4,16H2,1-3H3. The normalized spacial score (nSPS) is 14.2. The van der Waals surface area contributed by atoms with Crippen LogP contribution in [-0.4, -0.2) is 17.3 Å². The van der Waals surface area contributed by atoms with Gasteiger partial charge in [0.2, 0.25) is 5.82 Å². The molecule has 108 valence electrons. The van der Waals surface area contributed by atoms with Crippen LogP contribution in [-0.2, 0) is 10.3 Å². The van der Waals surface area contributed by atoms with Crippen molar-refractivity contribution < 1.29 is 18.0 Å². The molecule has 1 unspecified atom stereocenters. The minimum atomic E-state index is -0.832. The third kappa shape index (κ3) is 2.36. The highest BCUT2D eigenvalue weighted by Crippen LogP contribution is 2.30. The van der Waals surface area contributed by atoms with E-state index in [1.165, 1.54) is 7.11 Å². The van der Waals surface area contributed by atoms with E-state index in [0.29, 0.717) is 18.3 Å². The van der Waals surface area contributed by atoms with Crippen molar-refractivity contribution in [3.63, 3.8) is 0 Å². The second-order valence-electron chi connectivity index (χ2n) is 4.57. The van der Waals surface area contributed by atoms with Gasteiger partial charge in [0.25, 0.3) is 5.89 Å². The number of nitrogens with zero attached hydrogens (tertiary/aromatic N) is 2. The van der Waals surface area contributed by atoms with E-state index in [4.69, 9.17) is 15.0 Å². The van der Waals surface area contributed by atoms with Crippen molar-refractivity contribution in [1.29, 1.82) is 0 Å². The van der Waals surface area contributed by atoms with Gasteiger partial charge in [0.1, 0.15) is 17.2 Å². The maximum absolute atomic E-state index is 13.7. The van der Waals surface area contributed by atoms with Gasteiger partial charge >= 0.3 is 0 Å². The second-order valence-corrected chi connectivity index (χ2v) is 4.57. The Morgan fingerprint density at radius 2 is 2.05 bits per heavy atom. The van der Waals surface area contributed by atoms with Crippen molar-refractivity contribution in [2.75, 3.05) is 12.8 Å². The third-order valence-electron chi connectivity index (χ3n) is 3.34. The number of hydrogen-bond donors (Lipinski definition) is 1. The largest absolute Gasteiger partial charge is 0.396 e. The maximum Gasteiger partial charge on any atom is 0.261 e. The lowest BCUT2D eigenvalue weighted by Gasteiger charge is -2.21. The highest BCUT2D eigenvalue weighted by Gasteiger charge is 2.30. The van der Waals surface area contributed by atoms with Crippen molar-refractivity contribution in [1.82, 2.24) is 10.1 Å². The fourth-order valence-corrected chi connectivity index (χ4v) is 1.67. The number of ether oxygens (including phenoxy) is 1. The fourth-order valence-electron chi connectivity index (χ4n) is 1.67. The Bertz CT molecular complexity index is 624. The van der Waals surface area contributed by atoms with E-state index in [0.717, 1.165) is 6.07 Å². The van der Waals surface area contributed by atoms with Crippen molar-refractivity contribution in [3.05, 3.63) is 29.6 Å². The van der Waals surface area contributed by atoms with Crippen LogP contribution in [0, 0.1) is 11.6 Å². The summed E-state index contributed by atoms with van der Waals surface area (Å²) in [6.45, 7) is 3.69. The molecule has 0 fully saturated rings. The molecule has 0 radical (unpaired) electrons. The van der Waals surface area contributed by atoms with E-state index >= 15 is 0 Å². The van der Waals surface area contributed by atoms with Crippen LogP contribution in [0.25, 0.3) is 11.5 Å². The Hall–Kier alpha value is -2.02. The molecule has 7 heteroatoms. The van der Waals surface area contributed by atoms with E-state index in [2.05, 4.69) is 10.1 Å². The number of nitrogens with two attached hydrogens (primary N) is 1. The highest BCUT2D eigenvalue weighted by molar-refractivity contribution is 5.61. The fraction of sp³-hybridized carbons (Fsp3) is 0.385. The van der Waals surface area contributed by atoms with Crippen LogP contribution in [0.2, 0.25) is 0 Å². The predicted octanol–water partition coefficient (Wildman–Crippen LogP) is 2.87. The lowest BCUT2D eigenvalue weighted by Crippen LogP contribution is -2.24. The number of aromatic nitrogens is 2. The molecule has 2 rings (SSSR count). The topological polar surface area (TPSA) is 74.2 Å². The van der Waals surface area contributed by atoms with E-state index in [9.17, 15) is 8.78 Å². The molecule has 2 aromatic rings. The number of halogens is 2. The van der Waals surface area contributed by atoms with Gasteiger partial charge in [0.05, 0.1) is 11.3 Å². The van der Waals surface area contributed by atoms with Crippen molar-refractivity contribution in [2.24, 2.45) is 0 Å². The Balaban J connectivity index is 2.46. The Kier molecular flexibility index (Phi) is 3.71. The zero-order valence-electron chi connectivity index (χ0n) is 11.4. The van der Waals surface area contributed by atoms with Gasteiger partial charge in [-0.05, 0) is 19.4 Å². The first-order valence-electron chi connectivity index (χ1n) is 6.05. The quantitative estimate of drug-likeness (QED) is 0.873. The maximum atomic E-state index is 13.7. The average molecular weight is 283 g/mol. The minimum Gasteiger partial charge on any atom is -0.396 e. The molecule has 0 saturated heterocycles. The van der Waals surface area contributed by atoms with Gasteiger partial charge in [-0.1, -0.05) is 12.1 Å². The molecule has 1 heterocycles. The van der Waals surface area contributed by atoms with Crippen LogP contribution in [0.4, 0.5) is 14.5 Å². The summed E-state index contributed by atoms with van der Waals surface area (Å²) < 4.78 is 37.2. The molecule has 0 saturated carbocycles. The van der Waals surface area contributed by atoms with Gasteiger partial charge in [-0.3, -0.25) is 0 Å². The third-order valence-corrected chi connectivity index (χ3v) is 3.34. The molecule has 5 nitrogen and oxygen atoms in total. The lowest BCUT2D eigenvalue weighted by molar-refractivity contribution is -0.0106. The smallest absolute Gasteiger partial charge is 0.261 e. The van der Waals surface area contributed by atoms with Gasteiger partial charge in [0, 0.05) is 13.2 Å². The van der Waals surface area contributed by atoms with Gasteiger partial charge < -0.3 is 15.0 Å². The Morgan fingerprint density at radius 3 is 2.65 bits per heavy atom. The number of anilines is 1. The summed E-state index contributed by atoms with van der Waals surface area (Å²) in [4.78, 5) is 4.11. The molecule has 0 aliphatic carbocycles. The monoisotopic (exact) mass is 283 g/mol. The summed E-state index contributed by atoms with van der Waals surface area (Å²) in [5, 5.41) is 3.79. The van der Waals surface area contributed by atoms with E-state index in [1.54, 1.807) is 6.92 Å². The van der Waals surface area contributed by atoms with Crippen LogP contribution in [0.15, 0.2) is 16.7 Å². The molecule has 0 aliphatic rings. The van der Waals surface area contributed by atoms with Crippen LogP contribution >= 0.6 is 0 Å². The van der Waals surface area contributed by atoms with Gasteiger partial charge in [-0.25, -0.2) is 8.78 Å². The highest BCUT2D eigenvalue weighted by atomic mass is 19.1. The molecule has 1 aromatic heterocycles. The van der Waals surface area contributed by atoms with Crippen molar-refractivity contribution in [2.45, 2.75) is 25.9 Å². The average Bonchev–Trinajstić information content (AvgIpc) is 2.92. The zero-order valence-corrected chi connectivity index (χ0v) is 11.4. The van der Waals surface area contributed by atoms with Crippen LogP contribution in [0.1, 0.15) is 26.1 Å². The number of hydrogen-bond acceptors (Lipinski definition) is 5. The van der Waals surface area contributed by atoms with Gasteiger partial charge in [0.15, 0.2) is 0 Å². The molecule has 2 N–H and O–H groups in total.